The third kappa shape index (κ3) is 2.38. The molecule has 2 rings (SSSR count). The Morgan fingerprint density at radius 1 is 1.56 bits per heavy atom. The van der Waals surface area contributed by atoms with Gasteiger partial charge in [0.05, 0.1) is 6.04 Å². The Hall–Kier alpha value is -1.44. The maximum Gasteiger partial charge on any atom is 0.280 e. The first-order valence-electron chi connectivity index (χ1n) is 5.50. The smallest absolute Gasteiger partial charge is 0.280 e. The van der Waals surface area contributed by atoms with E-state index in [0.717, 1.165) is 11.1 Å². The van der Waals surface area contributed by atoms with Crippen LogP contribution in [0.3, 0.4) is 0 Å². The van der Waals surface area contributed by atoms with Crippen LogP contribution in [0, 0.1) is 6.92 Å². The van der Waals surface area contributed by atoms with Gasteiger partial charge < -0.3 is 10.5 Å². The molecule has 1 unspecified atom stereocenters. The Kier molecular flexibility index (Phi) is 3.38. The summed E-state index contributed by atoms with van der Waals surface area (Å²) in [6.07, 6.45) is 0.594. The Morgan fingerprint density at radius 3 is 2.89 bits per heavy atom. The number of anilines is 1. The predicted octanol–water partition coefficient (Wildman–Crippen LogP) is -0.205. The lowest BCUT2D eigenvalue weighted by atomic mass is 10.1. The molecule has 7 heteroatoms. The van der Waals surface area contributed by atoms with Gasteiger partial charge in [0.25, 0.3) is 10.2 Å². The van der Waals surface area contributed by atoms with E-state index in [4.69, 9.17) is 5.73 Å². The zero-order chi connectivity index (χ0) is 13.3. The lowest BCUT2D eigenvalue weighted by molar-refractivity contribution is -0.109. The van der Waals surface area contributed by atoms with E-state index in [1.165, 1.54) is 4.31 Å². The van der Waals surface area contributed by atoms with Crippen molar-refractivity contribution in [3.8, 4) is 0 Å². The molecule has 0 aliphatic carbocycles. The van der Waals surface area contributed by atoms with Crippen molar-refractivity contribution >= 4 is 22.2 Å². The second-order valence-corrected chi connectivity index (χ2v) is 6.01. The lowest BCUT2D eigenvalue weighted by Gasteiger charge is -2.15. The molecular formula is C11H15N3O3S. The van der Waals surface area contributed by atoms with E-state index in [9.17, 15) is 13.2 Å². The van der Waals surface area contributed by atoms with E-state index in [0.29, 0.717) is 12.0 Å². The highest BCUT2D eigenvalue weighted by Gasteiger charge is 2.35. The second kappa shape index (κ2) is 4.68. The molecule has 0 aromatic heterocycles. The number of hydrogen-bond donors (Lipinski definition) is 2. The van der Waals surface area contributed by atoms with E-state index in [1.807, 2.05) is 19.1 Å². The number of nitrogens with zero attached hydrogens (tertiary/aromatic N) is 1. The van der Waals surface area contributed by atoms with E-state index in [2.05, 4.69) is 4.72 Å². The normalized spacial score (nSPS) is 23.1. The number of para-hydroxylation sites is 1. The summed E-state index contributed by atoms with van der Waals surface area (Å²) in [6.45, 7) is 2.18. The number of nitrogens with two attached hydrogens (primary N) is 1. The highest BCUT2D eigenvalue weighted by atomic mass is 32.2. The number of carbonyl (C=O) groups excluding carboxylic acids is 1. The van der Waals surface area contributed by atoms with E-state index >= 15 is 0 Å². The summed E-state index contributed by atoms with van der Waals surface area (Å²) >= 11 is 0. The highest BCUT2D eigenvalue weighted by Crippen LogP contribution is 2.21. The van der Waals surface area contributed by atoms with Crippen molar-refractivity contribution in [3.63, 3.8) is 0 Å². The first-order valence-corrected chi connectivity index (χ1v) is 6.94. The zero-order valence-electron chi connectivity index (χ0n) is 9.96. The Morgan fingerprint density at radius 2 is 2.28 bits per heavy atom. The summed E-state index contributed by atoms with van der Waals surface area (Å²) < 4.78 is 27.0. The molecule has 18 heavy (non-hydrogen) atoms. The van der Waals surface area contributed by atoms with Gasteiger partial charge in [0, 0.05) is 18.8 Å². The van der Waals surface area contributed by atoms with Gasteiger partial charge >= 0.3 is 0 Å². The second-order valence-electron chi connectivity index (χ2n) is 4.31. The summed E-state index contributed by atoms with van der Waals surface area (Å²) in [5.41, 5.74) is 8.14. The maximum absolute atomic E-state index is 11.7. The molecule has 6 nitrogen and oxygen atoms in total. The van der Waals surface area contributed by atoms with Crippen LogP contribution in [0.4, 0.5) is 5.69 Å². The third-order valence-corrected chi connectivity index (χ3v) is 4.52. The molecule has 0 saturated carbocycles. The van der Waals surface area contributed by atoms with Gasteiger partial charge in [0.15, 0.2) is 0 Å². The lowest BCUT2D eigenvalue weighted by Crippen LogP contribution is -2.30. The van der Waals surface area contributed by atoms with Crippen LogP contribution in [0.25, 0.3) is 0 Å². The molecule has 0 bridgehead atoms. The molecule has 1 atom stereocenters. The molecule has 1 saturated heterocycles. The van der Waals surface area contributed by atoms with Crippen molar-refractivity contribution in [1.82, 2.24) is 9.03 Å². The number of carbonyl (C=O) groups is 1. The summed E-state index contributed by atoms with van der Waals surface area (Å²) in [5.74, 6) is 0. The monoisotopic (exact) mass is 269 g/mol. The number of aryl methyl sites for hydroxylation is 1. The van der Waals surface area contributed by atoms with Crippen LogP contribution in [0.5, 0.6) is 0 Å². The van der Waals surface area contributed by atoms with Gasteiger partial charge in [-0.15, -0.1) is 0 Å². The molecule has 1 fully saturated rings. The minimum Gasteiger partial charge on any atom is -0.398 e. The fourth-order valence-corrected chi connectivity index (χ4v) is 3.24. The summed E-state index contributed by atoms with van der Waals surface area (Å²) in [7, 11) is -3.58. The quantitative estimate of drug-likeness (QED) is 0.587. The number of rotatable bonds is 3. The average molecular weight is 269 g/mol. The molecule has 98 valence electrons. The first kappa shape index (κ1) is 13.0. The minimum absolute atomic E-state index is 0.138. The van der Waals surface area contributed by atoms with Crippen LogP contribution in [-0.2, 0) is 21.5 Å². The highest BCUT2D eigenvalue weighted by molar-refractivity contribution is 7.87. The SMILES string of the molecule is Cc1cccc(CN2CC(C=O)NS2(=O)=O)c1N. The molecule has 1 aromatic carbocycles. The van der Waals surface area contributed by atoms with Crippen molar-refractivity contribution in [1.29, 1.82) is 0 Å². The zero-order valence-corrected chi connectivity index (χ0v) is 10.8. The van der Waals surface area contributed by atoms with Crippen molar-refractivity contribution in [3.05, 3.63) is 29.3 Å². The average Bonchev–Trinajstić information content (AvgIpc) is 2.60. The van der Waals surface area contributed by atoms with Gasteiger partial charge in [-0.2, -0.15) is 17.4 Å². The molecule has 0 amide bonds. The summed E-state index contributed by atoms with van der Waals surface area (Å²) in [5, 5.41) is 0. The number of benzene rings is 1. The van der Waals surface area contributed by atoms with Crippen LogP contribution < -0.4 is 10.5 Å². The fraction of sp³-hybridized carbons (Fsp3) is 0.364. The van der Waals surface area contributed by atoms with E-state index in [1.54, 1.807) is 6.07 Å². The van der Waals surface area contributed by atoms with Crippen LogP contribution >= 0.6 is 0 Å². The summed E-state index contributed by atoms with van der Waals surface area (Å²) in [4.78, 5) is 10.6. The Balaban J connectivity index is 2.24. The van der Waals surface area contributed by atoms with Gasteiger partial charge in [0.1, 0.15) is 6.29 Å². The number of hydrogen-bond acceptors (Lipinski definition) is 4. The molecule has 1 aromatic rings. The molecule has 0 radical (unpaired) electrons. The molecule has 1 aliphatic rings. The Bertz CT molecular complexity index is 571. The number of aldehydes is 1. The molecule has 1 aliphatic heterocycles. The predicted molar refractivity (Wildman–Crippen MR) is 67.9 cm³/mol. The van der Waals surface area contributed by atoms with E-state index < -0.39 is 16.3 Å². The van der Waals surface area contributed by atoms with Crippen LogP contribution in [0.15, 0.2) is 18.2 Å². The fourth-order valence-electron chi connectivity index (χ4n) is 1.91. The standard InChI is InChI=1S/C11H15N3O3S/c1-8-3-2-4-9(11(8)12)5-14-6-10(7-15)13-18(14,16)17/h2-4,7,10,13H,5-6,12H2,1H3. The maximum atomic E-state index is 11.7. The third-order valence-electron chi connectivity index (χ3n) is 2.97. The van der Waals surface area contributed by atoms with Crippen LogP contribution in [0.2, 0.25) is 0 Å². The molecular weight excluding hydrogens is 254 g/mol. The van der Waals surface area contributed by atoms with Gasteiger partial charge in [-0.05, 0) is 18.1 Å². The van der Waals surface area contributed by atoms with Gasteiger partial charge in [-0.3, -0.25) is 0 Å². The topological polar surface area (TPSA) is 92.5 Å². The molecule has 1 heterocycles. The largest absolute Gasteiger partial charge is 0.398 e. The van der Waals surface area contributed by atoms with Crippen LogP contribution in [-0.4, -0.2) is 31.6 Å². The van der Waals surface area contributed by atoms with Gasteiger partial charge in [-0.25, -0.2) is 0 Å². The van der Waals surface area contributed by atoms with Gasteiger partial charge in [-0.1, -0.05) is 18.2 Å². The van der Waals surface area contributed by atoms with Crippen molar-refractivity contribution in [2.75, 3.05) is 12.3 Å². The van der Waals surface area contributed by atoms with Crippen molar-refractivity contribution < 1.29 is 13.2 Å². The molecule has 0 spiro atoms. The number of nitrogens with one attached hydrogen (secondary N) is 1. The van der Waals surface area contributed by atoms with Gasteiger partial charge in [0.2, 0.25) is 0 Å². The first-order chi connectivity index (χ1) is 8.44. The van der Waals surface area contributed by atoms with E-state index in [-0.39, 0.29) is 13.1 Å². The van der Waals surface area contributed by atoms with Crippen LogP contribution in [0.1, 0.15) is 11.1 Å². The van der Waals surface area contributed by atoms with Crippen molar-refractivity contribution in [2.24, 2.45) is 0 Å². The minimum atomic E-state index is -3.58. The van der Waals surface area contributed by atoms with Crippen molar-refractivity contribution in [2.45, 2.75) is 19.5 Å². The summed E-state index contributed by atoms with van der Waals surface area (Å²) in [6, 6.07) is 4.80. The number of nitrogen functional groups attached to an aromatic ring is 1. The molecule has 3 N–H and O–H groups in total. The Labute approximate surface area is 106 Å².